The molecule has 0 aliphatic heterocycles. The van der Waals surface area contributed by atoms with Crippen LogP contribution in [0.3, 0.4) is 0 Å². The fourth-order valence-electron chi connectivity index (χ4n) is 3.57. The zero-order valence-corrected chi connectivity index (χ0v) is 17.1. The molecule has 0 saturated heterocycles. The number of rotatable bonds is 4. The van der Waals surface area contributed by atoms with Gasteiger partial charge in [0.25, 0.3) is 5.56 Å². The molecular formula is C23H18Cl2N2O2. The summed E-state index contributed by atoms with van der Waals surface area (Å²) in [5, 5.41) is 15.1. The largest absolute Gasteiger partial charge is 0.506 e. The number of fused-ring (bicyclic) bond motifs is 1. The van der Waals surface area contributed by atoms with Crippen LogP contribution in [0.25, 0.3) is 22.0 Å². The van der Waals surface area contributed by atoms with Crippen molar-refractivity contribution >= 4 is 39.8 Å². The predicted octanol–water partition coefficient (Wildman–Crippen LogP) is 5.84. The number of H-pyrrole nitrogens is 1. The molecule has 0 atom stereocenters. The Morgan fingerprint density at radius 2 is 1.83 bits per heavy atom. The molecule has 0 amide bonds. The van der Waals surface area contributed by atoms with E-state index in [1.54, 1.807) is 18.2 Å². The number of halogens is 2. The highest BCUT2D eigenvalue weighted by molar-refractivity contribution is 6.39. The van der Waals surface area contributed by atoms with Gasteiger partial charge in [0, 0.05) is 17.8 Å². The highest BCUT2D eigenvalue weighted by atomic mass is 35.5. The van der Waals surface area contributed by atoms with Gasteiger partial charge in [0.2, 0.25) is 0 Å². The lowest BCUT2D eigenvalue weighted by atomic mass is 9.97. The number of hydrogen-bond acceptors (Lipinski definition) is 3. The number of benzene rings is 3. The third-order valence-electron chi connectivity index (χ3n) is 4.90. The van der Waals surface area contributed by atoms with E-state index in [1.807, 2.05) is 43.4 Å². The Morgan fingerprint density at radius 3 is 2.62 bits per heavy atom. The third kappa shape index (κ3) is 3.69. The van der Waals surface area contributed by atoms with Crippen molar-refractivity contribution in [2.24, 2.45) is 0 Å². The van der Waals surface area contributed by atoms with Crippen LogP contribution in [0.1, 0.15) is 11.1 Å². The second kappa shape index (κ2) is 7.82. The summed E-state index contributed by atoms with van der Waals surface area (Å²) in [6.07, 6.45) is 0.688. The third-order valence-corrected chi connectivity index (χ3v) is 5.42. The number of para-hydroxylation sites is 1. The van der Waals surface area contributed by atoms with E-state index in [-0.39, 0.29) is 16.3 Å². The lowest BCUT2D eigenvalue weighted by molar-refractivity contribution is 0.482. The summed E-state index contributed by atoms with van der Waals surface area (Å²) < 4.78 is 0. The monoisotopic (exact) mass is 424 g/mol. The Morgan fingerprint density at radius 1 is 1.03 bits per heavy atom. The van der Waals surface area contributed by atoms with Crippen LogP contribution < -0.4 is 10.9 Å². The fourth-order valence-corrected chi connectivity index (χ4v) is 4.16. The molecule has 1 aromatic heterocycles. The van der Waals surface area contributed by atoms with Crippen LogP contribution in [0, 0.1) is 0 Å². The Hall–Kier alpha value is -2.95. The number of pyridine rings is 1. The van der Waals surface area contributed by atoms with E-state index >= 15 is 0 Å². The molecule has 0 aliphatic rings. The average Bonchev–Trinajstić information content (AvgIpc) is 2.68. The quantitative estimate of drug-likeness (QED) is 0.385. The minimum absolute atomic E-state index is 0.154. The van der Waals surface area contributed by atoms with Crippen LogP contribution in [0.15, 0.2) is 65.5 Å². The van der Waals surface area contributed by atoms with Gasteiger partial charge in [-0.25, -0.2) is 0 Å². The molecule has 6 heteroatoms. The summed E-state index contributed by atoms with van der Waals surface area (Å²) in [7, 11) is 1.89. The molecule has 29 heavy (non-hydrogen) atoms. The highest BCUT2D eigenvalue weighted by Crippen LogP contribution is 2.38. The Kier molecular flexibility index (Phi) is 5.22. The van der Waals surface area contributed by atoms with E-state index in [9.17, 15) is 9.90 Å². The molecule has 0 bridgehead atoms. The van der Waals surface area contributed by atoms with Gasteiger partial charge in [0.1, 0.15) is 5.75 Å². The van der Waals surface area contributed by atoms with Crippen molar-refractivity contribution in [3.63, 3.8) is 0 Å². The van der Waals surface area contributed by atoms with Gasteiger partial charge in [-0.05, 0) is 41.3 Å². The van der Waals surface area contributed by atoms with Gasteiger partial charge in [-0.2, -0.15) is 0 Å². The smallest absolute Gasteiger partial charge is 0.260 e. The van der Waals surface area contributed by atoms with E-state index < -0.39 is 5.56 Å². The second-order valence-corrected chi connectivity index (χ2v) is 7.62. The van der Waals surface area contributed by atoms with Gasteiger partial charge in [-0.15, -0.1) is 0 Å². The minimum Gasteiger partial charge on any atom is -0.506 e. The van der Waals surface area contributed by atoms with Gasteiger partial charge in [-0.1, -0.05) is 65.7 Å². The van der Waals surface area contributed by atoms with Gasteiger partial charge < -0.3 is 15.4 Å². The molecule has 0 radical (unpaired) electrons. The molecule has 0 aliphatic carbocycles. The first-order valence-electron chi connectivity index (χ1n) is 9.07. The van der Waals surface area contributed by atoms with Gasteiger partial charge in [-0.3, -0.25) is 4.79 Å². The van der Waals surface area contributed by atoms with Crippen molar-refractivity contribution < 1.29 is 5.11 Å². The van der Waals surface area contributed by atoms with Gasteiger partial charge in [0.15, 0.2) is 0 Å². The molecular weight excluding hydrogens is 407 g/mol. The van der Waals surface area contributed by atoms with Crippen LogP contribution in [0.2, 0.25) is 10.0 Å². The van der Waals surface area contributed by atoms with Crippen LogP contribution in [0.4, 0.5) is 5.69 Å². The predicted molar refractivity (Wildman–Crippen MR) is 120 cm³/mol. The van der Waals surface area contributed by atoms with Gasteiger partial charge >= 0.3 is 0 Å². The molecule has 3 N–H and O–H groups in total. The topological polar surface area (TPSA) is 65.1 Å². The fraction of sp³-hybridized carbons (Fsp3) is 0.0870. The second-order valence-electron chi connectivity index (χ2n) is 6.77. The summed E-state index contributed by atoms with van der Waals surface area (Å²) >= 11 is 12.3. The number of anilines is 1. The molecule has 3 aromatic carbocycles. The van der Waals surface area contributed by atoms with Crippen molar-refractivity contribution in [3.05, 3.63) is 92.2 Å². The van der Waals surface area contributed by atoms with Crippen molar-refractivity contribution in [2.75, 3.05) is 12.4 Å². The maximum absolute atomic E-state index is 12.7. The Balaban J connectivity index is 1.83. The minimum atomic E-state index is -0.402. The van der Waals surface area contributed by atoms with E-state index in [4.69, 9.17) is 23.2 Å². The van der Waals surface area contributed by atoms with E-state index in [0.717, 1.165) is 16.8 Å². The van der Waals surface area contributed by atoms with Crippen molar-refractivity contribution in [1.29, 1.82) is 0 Å². The molecule has 146 valence electrons. The summed E-state index contributed by atoms with van der Waals surface area (Å²) in [5.41, 5.74) is 4.01. The molecule has 0 fully saturated rings. The van der Waals surface area contributed by atoms with E-state index in [2.05, 4.69) is 16.4 Å². The molecule has 4 rings (SSSR count). The normalized spacial score (nSPS) is 11.0. The average molecular weight is 425 g/mol. The molecule has 4 nitrogen and oxygen atoms in total. The maximum atomic E-state index is 12.7. The lowest BCUT2D eigenvalue weighted by Crippen LogP contribution is -2.09. The SMILES string of the molecule is CNc1ccccc1Cc1cccc(-c2c(O)c3c(Cl)cc(Cl)cc3[nH]c2=O)c1. The Bertz CT molecular complexity index is 1280. The van der Waals surface area contributed by atoms with Crippen LogP contribution >= 0.6 is 23.2 Å². The zero-order valence-electron chi connectivity index (χ0n) is 15.6. The number of nitrogens with one attached hydrogen (secondary N) is 2. The van der Waals surface area contributed by atoms with Crippen LogP contribution in [-0.2, 0) is 6.42 Å². The van der Waals surface area contributed by atoms with Crippen molar-refractivity contribution in [2.45, 2.75) is 6.42 Å². The number of aromatic hydroxyl groups is 1. The lowest BCUT2D eigenvalue weighted by Gasteiger charge is -2.12. The zero-order chi connectivity index (χ0) is 20.5. The Labute approximate surface area is 177 Å². The summed E-state index contributed by atoms with van der Waals surface area (Å²) in [5.74, 6) is -0.154. The van der Waals surface area contributed by atoms with Crippen molar-refractivity contribution in [1.82, 2.24) is 4.98 Å². The van der Waals surface area contributed by atoms with E-state index in [1.165, 1.54) is 0 Å². The first-order chi connectivity index (χ1) is 14.0. The summed E-state index contributed by atoms with van der Waals surface area (Å²) in [4.78, 5) is 15.5. The van der Waals surface area contributed by atoms with Crippen LogP contribution in [0.5, 0.6) is 5.75 Å². The van der Waals surface area contributed by atoms with Crippen molar-refractivity contribution in [3.8, 4) is 16.9 Å². The first kappa shape index (κ1) is 19.4. The molecule has 0 spiro atoms. The number of hydrogen-bond donors (Lipinski definition) is 3. The first-order valence-corrected chi connectivity index (χ1v) is 9.82. The molecule has 4 aromatic rings. The molecule has 0 saturated carbocycles. The van der Waals surface area contributed by atoms with E-state index in [0.29, 0.717) is 27.9 Å². The molecule has 0 unspecified atom stereocenters. The number of aromatic nitrogens is 1. The standard InChI is InChI=1S/C23H18Cl2N2O2/c1-26-18-8-3-2-6-14(18)9-13-5-4-7-15(10-13)20-22(28)21-17(25)11-16(24)12-19(21)27-23(20)29/h2-8,10-12,26H,9H2,1H3,(H2,27,28,29). The highest BCUT2D eigenvalue weighted by Gasteiger charge is 2.17. The van der Waals surface area contributed by atoms with Gasteiger partial charge in [0.05, 0.1) is 21.5 Å². The van der Waals surface area contributed by atoms with Crippen LogP contribution in [-0.4, -0.2) is 17.1 Å². The maximum Gasteiger partial charge on any atom is 0.260 e. The number of aromatic amines is 1. The molecule has 1 heterocycles. The summed E-state index contributed by atoms with van der Waals surface area (Å²) in [6, 6.07) is 18.7. The summed E-state index contributed by atoms with van der Waals surface area (Å²) in [6.45, 7) is 0.